The molecule has 0 N–H and O–H groups in total. The van der Waals surface area contributed by atoms with Crippen LogP contribution in [-0.4, -0.2) is 4.57 Å². The van der Waals surface area contributed by atoms with E-state index in [1.165, 1.54) is 111 Å². The summed E-state index contributed by atoms with van der Waals surface area (Å²) >= 11 is 0. The third-order valence-corrected chi connectivity index (χ3v) is 16.7. The first-order valence-electron chi connectivity index (χ1n) is 26.7. The third-order valence-electron chi connectivity index (χ3n) is 16.7. The summed E-state index contributed by atoms with van der Waals surface area (Å²) in [6.07, 6.45) is 4.85. The van der Waals surface area contributed by atoms with E-state index >= 15 is 0 Å². The highest BCUT2D eigenvalue weighted by Crippen LogP contribution is 2.68. The van der Waals surface area contributed by atoms with E-state index in [0.717, 1.165) is 28.6 Å². The summed E-state index contributed by atoms with van der Waals surface area (Å²) < 4.78 is 9.12. The molecule has 12 aromatic rings. The van der Waals surface area contributed by atoms with Crippen LogP contribution in [0.5, 0.6) is 11.5 Å². The fraction of sp³-hybridized carbons (Fsp3) is 0.0270. The lowest BCUT2D eigenvalue weighted by atomic mass is 9.65. The largest absolute Gasteiger partial charge is 0.457 e. The Morgan fingerprint density at radius 2 is 0.909 bits per heavy atom. The van der Waals surface area contributed by atoms with Crippen LogP contribution in [0.3, 0.4) is 0 Å². The molecule has 3 heteroatoms. The SMILES string of the molecule is C1=CC2=C(c3ccccc3C23c2ccccc2Oc2ccccc23)[C@@H]2C1=C2N(c1ccc(-c2ccc3c(c2)c2ccccc2n3-c2ccccc2)cc1)c1ccccc1-c1ccccc1-c1ccccc1-c1ccccc1. The molecule has 1 aliphatic heterocycles. The van der Waals surface area contributed by atoms with Crippen molar-refractivity contribution in [2.75, 3.05) is 4.90 Å². The van der Waals surface area contributed by atoms with Gasteiger partial charge in [-0.25, -0.2) is 0 Å². The molecule has 0 unspecified atom stereocenters. The van der Waals surface area contributed by atoms with E-state index < -0.39 is 5.41 Å². The standard InChI is InChI=1S/C74H48N2O/c1-3-21-49(22-4-1)53-25-7-8-26-54(53)55-27-9-10-28-56(55)57-29-12-18-36-67(57)76(52-42-39-48(40-43-52)50-41-46-68-61(47-50)58-30-13-17-35-66(58)75(68)51-23-5-2-6-24-51)73-60-44-45-65-71(72(60)73)59-31-11-14-32-62(59)74(65)63-33-15-19-37-69(63)77-70-38-20-16-34-64(70)74/h1-47,72H/t72-/m0/s1. The predicted molar refractivity (Wildman–Crippen MR) is 317 cm³/mol. The van der Waals surface area contributed by atoms with Crippen molar-refractivity contribution >= 4 is 38.8 Å². The van der Waals surface area contributed by atoms with Crippen LogP contribution in [-0.2, 0) is 5.41 Å². The van der Waals surface area contributed by atoms with Crippen molar-refractivity contribution in [2.45, 2.75) is 5.41 Å². The monoisotopic (exact) mass is 980 g/mol. The van der Waals surface area contributed by atoms with Crippen LogP contribution < -0.4 is 9.64 Å². The molecule has 1 aromatic heterocycles. The molecule has 2 heterocycles. The molecule has 1 spiro atoms. The van der Waals surface area contributed by atoms with Gasteiger partial charge in [0.25, 0.3) is 0 Å². The summed E-state index contributed by atoms with van der Waals surface area (Å²) in [7, 11) is 0. The normalized spacial score (nSPS) is 15.2. The summed E-state index contributed by atoms with van der Waals surface area (Å²) in [5, 5.41) is 2.48. The van der Waals surface area contributed by atoms with Crippen molar-refractivity contribution in [3.63, 3.8) is 0 Å². The van der Waals surface area contributed by atoms with Gasteiger partial charge in [0.1, 0.15) is 11.5 Å². The molecular formula is C74H48N2O. The van der Waals surface area contributed by atoms with Crippen LogP contribution in [0.2, 0.25) is 0 Å². The maximum Gasteiger partial charge on any atom is 0.132 e. The van der Waals surface area contributed by atoms with Gasteiger partial charge in [-0.15, -0.1) is 0 Å². The van der Waals surface area contributed by atoms with Crippen LogP contribution in [0.1, 0.15) is 22.3 Å². The van der Waals surface area contributed by atoms with Crippen molar-refractivity contribution in [2.24, 2.45) is 5.92 Å². The van der Waals surface area contributed by atoms with E-state index in [1.807, 2.05) is 0 Å². The summed E-state index contributed by atoms with van der Waals surface area (Å²) in [5.74, 6) is 1.87. The molecule has 0 amide bonds. The number of benzene rings is 11. The zero-order chi connectivity index (χ0) is 50.6. The van der Waals surface area contributed by atoms with Gasteiger partial charge in [-0.2, -0.15) is 0 Å². The van der Waals surface area contributed by atoms with E-state index in [4.69, 9.17) is 4.74 Å². The molecule has 3 nitrogen and oxygen atoms in total. The molecule has 360 valence electrons. The first kappa shape index (κ1) is 43.4. The number of nitrogens with zero attached hydrogens (tertiary/aromatic N) is 2. The Morgan fingerprint density at radius 1 is 0.377 bits per heavy atom. The second-order valence-electron chi connectivity index (χ2n) is 20.6. The molecule has 0 saturated carbocycles. The lowest BCUT2D eigenvalue weighted by molar-refractivity contribution is 0.435. The summed E-state index contributed by atoms with van der Waals surface area (Å²) in [6.45, 7) is 0. The first-order valence-corrected chi connectivity index (χ1v) is 26.7. The van der Waals surface area contributed by atoms with Crippen molar-refractivity contribution in [3.8, 4) is 61.7 Å². The average Bonchev–Trinajstić information content (AvgIpc) is 4.22. The Labute approximate surface area is 447 Å². The topological polar surface area (TPSA) is 17.4 Å². The maximum atomic E-state index is 6.73. The van der Waals surface area contributed by atoms with Crippen LogP contribution in [0.4, 0.5) is 11.4 Å². The van der Waals surface area contributed by atoms with Gasteiger partial charge in [0, 0.05) is 44.5 Å². The lowest BCUT2D eigenvalue weighted by Crippen LogP contribution is -2.33. The second kappa shape index (κ2) is 17.0. The zero-order valence-corrected chi connectivity index (χ0v) is 42.0. The van der Waals surface area contributed by atoms with Crippen molar-refractivity contribution in [1.29, 1.82) is 0 Å². The Bertz CT molecular complexity index is 4430. The number of hydrogen-bond acceptors (Lipinski definition) is 2. The maximum absolute atomic E-state index is 6.73. The fourth-order valence-corrected chi connectivity index (χ4v) is 13.4. The molecule has 11 aromatic carbocycles. The summed E-state index contributed by atoms with van der Waals surface area (Å²) in [4.78, 5) is 2.58. The van der Waals surface area contributed by atoms with E-state index in [-0.39, 0.29) is 5.92 Å². The molecule has 0 bridgehead atoms. The van der Waals surface area contributed by atoms with Gasteiger partial charge < -0.3 is 14.2 Å². The van der Waals surface area contributed by atoms with Crippen molar-refractivity contribution in [1.82, 2.24) is 4.57 Å². The summed E-state index contributed by atoms with van der Waals surface area (Å²) in [5.41, 5.74) is 25.1. The molecule has 4 aliphatic rings. The minimum Gasteiger partial charge on any atom is -0.457 e. The molecule has 16 rings (SSSR count). The number of ether oxygens (including phenoxy) is 1. The minimum absolute atomic E-state index is 0.0591. The number of anilines is 2. The summed E-state index contributed by atoms with van der Waals surface area (Å²) in [6, 6.07) is 99.8. The average molecular weight is 981 g/mol. The van der Waals surface area contributed by atoms with Crippen LogP contribution in [0.25, 0.3) is 77.6 Å². The highest BCUT2D eigenvalue weighted by Gasteiger charge is 2.57. The number of hydrogen-bond donors (Lipinski definition) is 0. The van der Waals surface area contributed by atoms with E-state index in [1.54, 1.807) is 0 Å². The van der Waals surface area contributed by atoms with Crippen LogP contribution in [0.15, 0.2) is 302 Å². The Kier molecular flexibility index (Phi) is 9.61. The highest BCUT2D eigenvalue weighted by atomic mass is 16.5. The quantitative estimate of drug-likeness (QED) is 0.151. The lowest BCUT2D eigenvalue weighted by Gasteiger charge is -2.40. The number of fused-ring (bicyclic) bond motifs is 13. The molecule has 1 atom stereocenters. The van der Waals surface area contributed by atoms with E-state index in [9.17, 15) is 0 Å². The smallest absolute Gasteiger partial charge is 0.132 e. The van der Waals surface area contributed by atoms with E-state index in [2.05, 4.69) is 295 Å². The molecule has 0 radical (unpaired) electrons. The van der Waals surface area contributed by atoms with Gasteiger partial charge in [0.15, 0.2) is 0 Å². The predicted octanol–water partition coefficient (Wildman–Crippen LogP) is 19.0. The number of allylic oxidation sites excluding steroid dienone is 5. The Hall–Kier alpha value is -9.96. The third kappa shape index (κ3) is 6.44. The number of aromatic nitrogens is 1. The minimum atomic E-state index is -0.545. The molecule has 77 heavy (non-hydrogen) atoms. The second-order valence-corrected chi connectivity index (χ2v) is 20.6. The van der Waals surface area contributed by atoms with Crippen molar-refractivity contribution < 1.29 is 4.74 Å². The van der Waals surface area contributed by atoms with Crippen LogP contribution in [0, 0.1) is 5.92 Å². The Morgan fingerprint density at radius 3 is 1.64 bits per heavy atom. The van der Waals surface area contributed by atoms with E-state index in [0.29, 0.717) is 0 Å². The highest BCUT2D eigenvalue weighted by molar-refractivity contribution is 6.11. The zero-order valence-electron chi connectivity index (χ0n) is 42.0. The van der Waals surface area contributed by atoms with Gasteiger partial charge in [0.2, 0.25) is 0 Å². The molecule has 0 saturated heterocycles. The van der Waals surface area contributed by atoms with Gasteiger partial charge in [-0.3, -0.25) is 0 Å². The van der Waals surface area contributed by atoms with Gasteiger partial charge in [-0.1, -0.05) is 224 Å². The Balaban J connectivity index is 0.877. The molecule has 0 fully saturated rings. The van der Waals surface area contributed by atoms with Gasteiger partial charge in [0.05, 0.1) is 28.1 Å². The fourth-order valence-electron chi connectivity index (χ4n) is 13.4. The molecular weight excluding hydrogens is 933 g/mol. The van der Waals surface area contributed by atoms with Crippen molar-refractivity contribution in [3.05, 3.63) is 324 Å². The number of rotatable bonds is 8. The van der Waals surface area contributed by atoms with Crippen LogP contribution >= 0.6 is 0 Å². The first-order chi connectivity index (χ1) is 38.2. The number of para-hydroxylation sites is 5. The molecule has 3 aliphatic carbocycles. The van der Waals surface area contributed by atoms with Gasteiger partial charge >= 0.3 is 0 Å². The van der Waals surface area contributed by atoms with Gasteiger partial charge in [-0.05, 0) is 127 Å².